The summed E-state index contributed by atoms with van der Waals surface area (Å²) >= 11 is 1.69. The first-order valence-electron chi connectivity index (χ1n) is 11.1. The van der Waals surface area contributed by atoms with Crippen LogP contribution < -0.4 is 4.74 Å². The summed E-state index contributed by atoms with van der Waals surface area (Å²) in [4.78, 5) is 19.8. The Morgan fingerprint density at radius 1 is 1.31 bits per heavy atom. The highest BCUT2D eigenvalue weighted by Gasteiger charge is 2.43. The van der Waals surface area contributed by atoms with Gasteiger partial charge in [-0.15, -0.1) is 11.8 Å². The molecule has 29 heavy (non-hydrogen) atoms. The first-order valence-corrected chi connectivity index (χ1v) is 12.3. The van der Waals surface area contributed by atoms with E-state index in [1.807, 2.05) is 23.4 Å². The van der Waals surface area contributed by atoms with Gasteiger partial charge in [-0.2, -0.15) is 0 Å². The summed E-state index contributed by atoms with van der Waals surface area (Å²) in [7, 11) is 0. The lowest BCUT2D eigenvalue weighted by atomic mass is 9.71. The molecular weight excluding hydrogens is 384 g/mol. The Hall–Kier alpha value is -1.43. The van der Waals surface area contributed by atoms with Crippen molar-refractivity contribution in [3.05, 3.63) is 18.3 Å². The minimum atomic E-state index is -0.0997. The molecule has 0 bridgehead atoms. The quantitative estimate of drug-likeness (QED) is 0.540. The number of aromatic nitrogens is 1. The van der Waals surface area contributed by atoms with Crippen LogP contribution >= 0.6 is 11.8 Å². The number of hydrogen-bond donors (Lipinski definition) is 0. The number of pyridine rings is 1. The monoisotopic (exact) mass is 418 g/mol. The number of ether oxygens (including phenoxy) is 2. The highest BCUT2D eigenvalue weighted by molar-refractivity contribution is 7.98. The molecule has 2 atom stereocenters. The van der Waals surface area contributed by atoms with Crippen molar-refractivity contribution in [1.29, 1.82) is 0 Å². The second kappa shape index (κ2) is 9.15. The minimum Gasteiger partial charge on any atom is -0.478 e. The Bertz CT molecular complexity index is 684. The molecule has 160 valence electrons. The van der Waals surface area contributed by atoms with Gasteiger partial charge in [0.05, 0.1) is 13.2 Å². The van der Waals surface area contributed by atoms with Gasteiger partial charge in [-0.25, -0.2) is 9.78 Å². The highest BCUT2D eigenvalue weighted by atomic mass is 32.2. The lowest BCUT2D eigenvalue weighted by Crippen LogP contribution is -2.41. The van der Waals surface area contributed by atoms with Gasteiger partial charge in [0.15, 0.2) is 0 Å². The molecule has 0 aromatic carbocycles. The van der Waals surface area contributed by atoms with Gasteiger partial charge >= 0.3 is 6.09 Å². The first kappa shape index (κ1) is 20.8. The van der Waals surface area contributed by atoms with Crippen LogP contribution in [-0.2, 0) is 4.74 Å². The fourth-order valence-corrected chi connectivity index (χ4v) is 5.19. The summed E-state index contributed by atoms with van der Waals surface area (Å²) in [6.45, 7) is 5.27. The third kappa shape index (κ3) is 5.39. The van der Waals surface area contributed by atoms with Gasteiger partial charge in [0, 0.05) is 35.7 Å². The maximum absolute atomic E-state index is 12.3. The van der Waals surface area contributed by atoms with E-state index >= 15 is 0 Å². The Kier molecular flexibility index (Phi) is 6.57. The molecule has 3 aliphatic rings. The Morgan fingerprint density at radius 2 is 2.10 bits per heavy atom. The van der Waals surface area contributed by atoms with Crippen molar-refractivity contribution in [2.24, 2.45) is 23.2 Å². The van der Waals surface area contributed by atoms with E-state index in [1.54, 1.807) is 11.8 Å². The fraction of sp³-hybridized carbons (Fsp3) is 0.739. The van der Waals surface area contributed by atoms with Crippen LogP contribution in [0.15, 0.2) is 23.2 Å². The summed E-state index contributed by atoms with van der Waals surface area (Å²) in [5.41, 5.74) is 0.240. The summed E-state index contributed by atoms with van der Waals surface area (Å²) in [5, 5.41) is 0. The van der Waals surface area contributed by atoms with Gasteiger partial charge < -0.3 is 14.4 Å². The SMILES string of the molecule is CSc1ccc(OCCC2CC2C2CCN(C(=O)OCC3(C)CCC3)CC2)nc1. The maximum Gasteiger partial charge on any atom is 0.409 e. The molecule has 1 saturated heterocycles. The zero-order valence-electron chi connectivity index (χ0n) is 17.8. The van der Waals surface area contributed by atoms with Crippen LogP contribution in [0, 0.1) is 23.2 Å². The molecule has 1 aromatic heterocycles. The number of carbonyl (C=O) groups is 1. The first-order chi connectivity index (χ1) is 14.1. The number of likely N-dealkylation sites (tertiary alicyclic amines) is 1. The number of piperidine rings is 1. The lowest BCUT2D eigenvalue weighted by Gasteiger charge is -2.38. The van der Waals surface area contributed by atoms with Gasteiger partial charge in [0.2, 0.25) is 5.88 Å². The smallest absolute Gasteiger partial charge is 0.409 e. The van der Waals surface area contributed by atoms with Gasteiger partial charge in [-0.05, 0) is 68.6 Å². The average molecular weight is 419 g/mol. The van der Waals surface area contributed by atoms with Crippen LogP contribution in [0.4, 0.5) is 4.79 Å². The lowest BCUT2D eigenvalue weighted by molar-refractivity contribution is 0.0188. The van der Waals surface area contributed by atoms with Crippen molar-refractivity contribution >= 4 is 17.9 Å². The topological polar surface area (TPSA) is 51.7 Å². The zero-order chi connectivity index (χ0) is 20.3. The van der Waals surface area contributed by atoms with Crippen molar-refractivity contribution in [1.82, 2.24) is 9.88 Å². The van der Waals surface area contributed by atoms with Crippen molar-refractivity contribution in [3.8, 4) is 5.88 Å². The van der Waals surface area contributed by atoms with Crippen LogP contribution in [0.5, 0.6) is 5.88 Å². The predicted octanol–water partition coefficient (Wildman–Crippen LogP) is 5.25. The van der Waals surface area contributed by atoms with Gasteiger partial charge in [0.1, 0.15) is 0 Å². The molecule has 2 heterocycles. The number of rotatable bonds is 8. The third-order valence-electron chi connectivity index (χ3n) is 7.17. The fourth-order valence-electron chi connectivity index (χ4n) is 4.83. The van der Waals surface area contributed by atoms with Gasteiger partial charge in [-0.3, -0.25) is 0 Å². The molecule has 2 unspecified atom stereocenters. The molecule has 1 amide bonds. The average Bonchev–Trinajstić information content (AvgIpc) is 3.51. The normalized spacial score (nSPS) is 25.9. The van der Waals surface area contributed by atoms with Crippen molar-refractivity contribution in [3.63, 3.8) is 0 Å². The Labute approximate surface area is 178 Å². The van der Waals surface area contributed by atoms with Crippen LogP contribution in [0.3, 0.4) is 0 Å². The molecule has 5 nitrogen and oxygen atoms in total. The summed E-state index contributed by atoms with van der Waals surface area (Å²) in [6.07, 6.45) is 12.1. The largest absolute Gasteiger partial charge is 0.478 e. The summed E-state index contributed by atoms with van der Waals surface area (Å²) in [5.74, 6) is 3.08. The number of carbonyl (C=O) groups excluding carboxylic acids is 1. The van der Waals surface area contributed by atoms with E-state index < -0.39 is 0 Å². The number of hydrogen-bond acceptors (Lipinski definition) is 5. The second-order valence-electron chi connectivity index (χ2n) is 9.38. The molecule has 2 aliphatic carbocycles. The van der Waals surface area contributed by atoms with E-state index in [-0.39, 0.29) is 11.5 Å². The van der Waals surface area contributed by atoms with Gasteiger partial charge in [-0.1, -0.05) is 13.3 Å². The Morgan fingerprint density at radius 3 is 2.72 bits per heavy atom. The standard InChI is InChI=1S/C23H34N2O3S/c1-23(9-3-10-23)16-28-22(26)25-11-6-17(7-12-25)20-14-18(20)8-13-27-21-5-4-19(29-2)15-24-21/h4-5,15,17-18,20H,3,6-14,16H2,1-2H3. The molecule has 0 radical (unpaired) electrons. The number of amides is 1. The second-order valence-corrected chi connectivity index (χ2v) is 10.3. The van der Waals surface area contributed by atoms with E-state index in [2.05, 4.69) is 18.0 Å². The van der Waals surface area contributed by atoms with Crippen LogP contribution in [-0.4, -0.2) is 48.5 Å². The van der Waals surface area contributed by atoms with E-state index in [0.29, 0.717) is 6.61 Å². The number of thioether (sulfide) groups is 1. The number of nitrogens with zero attached hydrogens (tertiary/aromatic N) is 2. The highest BCUT2D eigenvalue weighted by Crippen LogP contribution is 2.49. The van der Waals surface area contributed by atoms with Crippen molar-refractivity contribution < 1.29 is 14.3 Å². The molecule has 2 saturated carbocycles. The van der Waals surface area contributed by atoms with E-state index in [0.717, 1.165) is 67.5 Å². The van der Waals surface area contributed by atoms with Crippen LogP contribution in [0.1, 0.15) is 51.9 Å². The predicted molar refractivity (Wildman–Crippen MR) is 115 cm³/mol. The van der Waals surface area contributed by atoms with Crippen molar-refractivity contribution in [2.45, 2.75) is 56.8 Å². The summed E-state index contributed by atoms with van der Waals surface area (Å²) in [6, 6.07) is 4.01. The van der Waals surface area contributed by atoms with Crippen molar-refractivity contribution in [2.75, 3.05) is 32.6 Å². The molecule has 3 fully saturated rings. The van der Waals surface area contributed by atoms with E-state index in [1.165, 1.54) is 25.7 Å². The minimum absolute atomic E-state index is 0.0997. The third-order valence-corrected chi connectivity index (χ3v) is 7.88. The molecule has 1 aromatic rings. The van der Waals surface area contributed by atoms with E-state index in [4.69, 9.17) is 9.47 Å². The molecule has 0 spiro atoms. The Balaban J connectivity index is 1.11. The molecule has 4 rings (SSSR count). The zero-order valence-corrected chi connectivity index (χ0v) is 18.6. The van der Waals surface area contributed by atoms with E-state index in [9.17, 15) is 4.79 Å². The molecule has 1 aliphatic heterocycles. The molecule has 6 heteroatoms. The maximum atomic E-state index is 12.3. The van der Waals surface area contributed by atoms with Gasteiger partial charge in [0.25, 0.3) is 0 Å². The van der Waals surface area contributed by atoms with Crippen LogP contribution in [0.25, 0.3) is 0 Å². The van der Waals surface area contributed by atoms with Crippen LogP contribution in [0.2, 0.25) is 0 Å². The molecule has 0 N–H and O–H groups in total. The summed E-state index contributed by atoms with van der Waals surface area (Å²) < 4.78 is 11.4. The molecular formula is C23H34N2O3S.